The smallest absolute Gasteiger partial charge is 0.382 e. The fraction of sp³-hybridized carbons (Fsp3) is 0.308. The molecule has 1 aliphatic carbocycles. The molecule has 0 aliphatic heterocycles. The Morgan fingerprint density at radius 2 is 1.91 bits per heavy atom. The molecule has 8 heteroatoms. The van der Waals surface area contributed by atoms with Gasteiger partial charge in [-0.25, -0.2) is 13.9 Å². The average Bonchev–Trinajstić information content (AvgIpc) is 3.51. The monoisotopic (exact) mass is 468 g/mol. The van der Waals surface area contributed by atoms with Gasteiger partial charge in [-0.3, -0.25) is 0 Å². The Hall–Kier alpha value is -3.42. The van der Waals surface area contributed by atoms with Crippen LogP contribution in [0, 0.1) is 12.7 Å². The number of aryl methyl sites for hydroxylation is 1. The van der Waals surface area contributed by atoms with Crippen LogP contribution in [0.15, 0.2) is 54.7 Å². The van der Waals surface area contributed by atoms with Crippen LogP contribution in [0.25, 0.3) is 16.9 Å². The fourth-order valence-electron chi connectivity index (χ4n) is 4.31. The number of imidazole rings is 1. The van der Waals surface area contributed by atoms with Crippen LogP contribution in [0.2, 0.25) is 0 Å². The van der Waals surface area contributed by atoms with E-state index >= 15 is 0 Å². The molecule has 2 heterocycles. The van der Waals surface area contributed by atoms with Crippen molar-refractivity contribution < 1.29 is 17.6 Å². The molecule has 1 aliphatic rings. The van der Waals surface area contributed by atoms with E-state index < -0.39 is 12.6 Å². The maximum Gasteiger partial charge on any atom is 0.390 e. The predicted molar refractivity (Wildman–Crippen MR) is 124 cm³/mol. The maximum atomic E-state index is 13.7. The van der Waals surface area contributed by atoms with E-state index in [-0.39, 0.29) is 12.4 Å². The molecule has 176 valence electrons. The second kappa shape index (κ2) is 8.74. The molecular weight excluding hydrogens is 444 g/mol. The van der Waals surface area contributed by atoms with Crippen LogP contribution in [0.5, 0.6) is 0 Å². The molecule has 2 aromatic heterocycles. The standard InChI is InChI=1S/C26H24F4N4/c1-16-11-19(7-8-22(16)18-5-6-18)24-15-32-25-23(31-10-9-26(28,29)30)14-21(33-34(24)25)13-17-3-2-4-20(27)12-17/h2-4,7-8,11-12,14-15,18,31H,5-6,9-10,13H2,1H3. The lowest BCUT2D eigenvalue weighted by molar-refractivity contribution is -0.131. The van der Waals surface area contributed by atoms with E-state index in [0.29, 0.717) is 29.4 Å². The summed E-state index contributed by atoms with van der Waals surface area (Å²) >= 11 is 0. The molecule has 0 unspecified atom stereocenters. The molecule has 4 aromatic rings. The highest BCUT2D eigenvalue weighted by Gasteiger charge is 2.27. The van der Waals surface area contributed by atoms with E-state index in [4.69, 9.17) is 5.10 Å². The second-order valence-corrected chi connectivity index (χ2v) is 8.87. The number of hydrogen-bond acceptors (Lipinski definition) is 3. The number of benzene rings is 2. The molecule has 1 saturated carbocycles. The molecular formula is C26H24F4N4. The molecule has 34 heavy (non-hydrogen) atoms. The third-order valence-corrected chi connectivity index (χ3v) is 6.10. The number of nitrogens with one attached hydrogen (secondary N) is 1. The van der Waals surface area contributed by atoms with Gasteiger partial charge in [0.25, 0.3) is 0 Å². The molecule has 0 radical (unpaired) electrons. The van der Waals surface area contributed by atoms with E-state index in [1.807, 2.05) is 6.07 Å². The van der Waals surface area contributed by atoms with Crippen LogP contribution >= 0.6 is 0 Å². The summed E-state index contributed by atoms with van der Waals surface area (Å²) in [6.07, 6.45) is -0.770. The molecule has 0 bridgehead atoms. The molecule has 0 saturated heterocycles. The van der Waals surface area contributed by atoms with E-state index in [1.165, 1.54) is 36.1 Å². The summed E-state index contributed by atoms with van der Waals surface area (Å²) in [5.74, 6) is 0.285. The number of rotatable bonds is 7. The van der Waals surface area contributed by atoms with Gasteiger partial charge in [-0.2, -0.15) is 18.3 Å². The van der Waals surface area contributed by atoms with Crippen molar-refractivity contribution in [1.82, 2.24) is 14.6 Å². The van der Waals surface area contributed by atoms with Gasteiger partial charge in [0, 0.05) is 18.5 Å². The largest absolute Gasteiger partial charge is 0.390 e. The van der Waals surface area contributed by atoms with Crippen molar-refractivity contribution in [2.45, 2.75) is 44.7 Å². The van der Waals surface area contributed by atoms with Gasteiger partial charge in [-0.1, -0.05) is 24.3 Å². The zero-order valence-corrected chi connectivity index (χ0v) is 18.7. The highest BCUT2D eigenvalue weighted by atomic mass is 19.4. The number of hydrogen-bond donors (Lipinski definition) is 1. The summed E-state index contributed by atoms with van der Waals surface area (Å²) in [6, 6.07) is 14.2. The van der Waals surface area contributed by atoms with Crippen molar-refractivity contribution in [2.24, 2.45) is 0 Å². The molecule has 1 fully saturated rings. The van der Waals surface area contributed by atoms with E-state index in [2.05, 4.69) is 29.4 Å². The van der Waals surface area contributed by atoms with Crippen LogP contribution < -0.4 is 5.32 Å². The van der Waals surface area contributed by atoms with Gasteiger partial charge < -0.3 is 5.32 Å². The zero-order valence-electron chi connectivity index (χ0n) is 18.7. The fourth-order valence-corrected chi connectivity index (χ4v) is 4.31. The highest BCUT2D eigenvalue weighted by Crippen LogP contribution is 2.42. The van der Waals surface area contributed by atoms with Crippen molar-refractivity contribution >= 4 is 11.3 Å². The van der Waals surface area contributed by atoms with E-state index in [1.54, 1.807) is 28.9 Å². The van der Waals surface area contributed by atoms with Gasteiger partial charge in [0.1, 0.15) is 5.82 Å². The molecule has 5 rings (SSSR count). The number of nitrogens with zero attached hydrogens (tertiary/aromatic N) is 3. The third kappa shape index (κ3) is 4.90. The van der Waals surface area contributed by atoms with Gasteiger partial charge >= 0.3 is 6.18 Å². The Labute approximate surface area is 194 Å². The molecule has 4 nitrogen and oxygen atoms in total. The molecule has 2 aromatic carbocycles. The molecule has 0 spiro atoms. The summed E-state index contributed by atoms with van der Waals surface area (Å²) in [7, 11) is 0. The Kier molecular flexibility index (Phi) is 5.75. The first-order valence-electron chi connectivity index (χ1n) is 11.3. The van der Waals surface area contributed by atoms with Crippen molar-refractivity contribution in [3.63, 3.8) is 0 Å². The Morgan fingerprint density at radius 3 is 2.62 bits per heavy atom. The van der Waals surface area contributed by atoms with Crippen molar-refractivity contribution in [3.8, 4) is 11.3 Å². The normalized spacial score (nSPS) is 14.0. The highest BCUT2D eigenvalue weighted by molar-refractivity contribution is 5.73. The van der Waals surface area contributed by atoms with Crippen LogP contribution in [-0.2, 0) is 6.42 Å². The summed E-state index contributed by atoms with van der Waals surface area (Å²) in [6.45, 7) is 1.81. The molecule has 1 N–H and O–H groups in total. The number of aromatic nitrogens is 3. The average molecular weight is 468 g/mol. The van der Waals surface area contributed by atoms with Crippen molar-refractivity contribution in [3.05, 3.63) is 82.9 Å². The quantitative estimate of drug-likeness (QED) is 0.308. The second-order valence-electron chi connectivity index (χ2n) is 8.87. The lowest BCUT2D eigenvalue weighted by Crippen LogP contribution is -2.15. The van der Waals surface area contributed by atoms with Gasteiger partial charge in [-0.05, 0) is 66.6 Å². The Balaban J connectivity index is 1.54. The number of anilines is 1. The number of alkyl halides is 3. The summed E-state index contributed by atoms with van der Waals surface area (Å²) < 4.78 is 53.5. The van der Waals surface area contributed by atoms with Crippen LogP contribution in [0.3, 0.4) is 0 Å². The maximum absolute atomic E-state index is 13.7. The zero-order chi connectivity index (χ0) is 23.9. The van der Waals surface area contributed by atoms with E-state index in [0.717, 1.165) is 16.8 Å². The minimum atomic E-state index is -4.26. The summed E-state index contributed by atoms with van der Waals surface area (Å²) in [5, 5.41) is 7.60. The summed E-state index contributed by atoms with van der Waals surface area (Å²) in [5.41, 5.74) is 6.47. The van der Waals surface area contributed by atoms with Gasteiger partial charge in [-0.15, -0.1) is 0 Å². The van der Waals surface area contributed by atoms with Crippen LogP contribution in [-0.4, -0.2) is 27.3 Å². The summed E-state index contributed by atoms with van der Waals surface area (Å²) in [4.78, 5) is 4.47. The lowest BCUT2D eigenvalue weighted by Gasteiger charge is -2.13. The molecule has 0 atom stereocenters. The topological polar surface area (TPSA) is 42.2 Å². The minimum Gasteiger partial charge on any atom is -0.382 e. The van der Waals surface area contributed by atoms with Gasteiger partial charge in [0.05, 0.1) is 29.7 Å². The Morgan fingerprint density at radius 1 is 1.09 bits per heavy atom. The SMILES string of the molecule is Cc1cc(-c2cnc3c(NCCC(F)(F)F)cc(Cc4cccc(F)c4)nn23)ccc1C1CC1. The van der Waals surface area contributed by atoms with Crippen molar-refractivity contribution in [2.75, 3.05) is 11.9 Å². The van der Waals surface area contributed by atoms with Gasteiger partial charge in [0.2, 0.25) is 0 Å². The van der Waals surface area contributed by atoms with Crippen LogP contribution in [0.4, 0.5) is 23.2 Å². The minimum absolute atomic E-state index is 0.278. The van der Waals surface area contributed by atoms with Crippen molar-refractivity contribution in [1.29, 1.82) is 0 Å². The first kappa shape index (κ1) is 22.4. The Bertz CT molecular complexity index is 1340. The first-order chi connectivity index (χ1) is 16.3. The van der Waals surface area contributed by atoms with E-state index in [9.17, 15) is 17.6 Å². The van der Waals surface area contributed by atoms with Crippen LogP contribution in [0.1, 0.15) is 47.6 Å². The predicted octanol–water partition coefficient (Wildman–Crippen LogP) is 6.68. The number of fused-ring (bicyclic) bond motifs is 1. The number of halogens is 4. The lowest BCUT2D eigenvalue weighted by atomic mass is 10.0. The third-order valence-electron chi connectivity index (χ3n) is 6.10. The van der Waals surface area contributed by atoms with Gasteiger partial charge in [0.15, 0.2) is 5.65 Å². The first-order valence-corrected chi connectivity index (χ1v) is 11.3. The molecule has 0 amide bonds.